The van der Waals surface area contributed by atoms with Crippen LogP contribution in [0.2, 0.25) is 0 Å². The molecule has 2 aromatic carbocycles. The number of unbranched alkanes of at least 4 members (excludes halogenated alkanes) is 25. The summed E-state index contributed by atoms with van der Waals surface area (Å²) in [7, 11) is 0. The van der Waals surface area contributed by atoms with Crippen molar-refractivity contribution < 1.29 is 9.59 Å². The molecule has 2 aliphatic heterocycles. The second-order valence-corrected chi connectivity index (χ2v) is 40.6. The number of hydrogen-bond acceptors (Lipinski definition) is 12. The third kappa shape index (κ3) is 22.6. The standard InChI is InChI=1S/C90H115N3O2S10/c1-9-16-21-26-31-36-41-62(8)93-73-56-63(79-58-67(44-39-34-29-24-19-12-4)85(102-79)77-52-50-75(100-77)83-65(42-37-32-27-22-17-10-2)54-69(98-83)60-81-87(94)91-89(104-81)96-14-6)46-48-71(73)72-49-47-64(57-74(72)93)80-59-68(45-40-35-30-25-20-13-5)86(103-80)78-53-51-76(101-78)84-66(43-38-33-28-23-18-11-3)55-70(99-84)61-82-88(95)92-90(105-82)97-15-7/h46-62H,9-45H2,1-8H3/b81-60-,82-61-. The van der Waals surface area contributed by atoms with Crippen LogP contribution in [0, 0.1) is 0 Å². The number of aryl methyl sites for hydroxylation is 4. The number of carbonyl (C=O) groups is 2. The number of aromatic nitrogens is 1. The van der Waals surface area contributed by atoms with Crippen molar-refractivity contribution in [1.29, 1.82) is 0 Å². The number of fused-ring (bicyclic) bond motifs is 3. The van der Waals surface area contributed by atoms with Gasteiger partial charge in [0.1, 0.15) is 8.75 Å². The van der Waals surface area contributed by atoms with Gasteiger partial charge in [-0.05, 0) is 182 Å². The minimum absolute atomic E-state index is 0.103. The van der Waals surface area contributed by atoms with E-state index < -0.39 is 0 Å². The third-order valence-corrected chi connectivity index (χ3v) is 32.3. The maximum atomic E-state index is 13.2. The van der Waals surface area contributed by atoms with E-state index in [4.69, 9.17) is 0 Å². The van der Waals surface area contributed by atoms with Gasteiger partial charge in [-0.15, -0.1) is 68.0 Å². The predicted molar refractivity (Wildman–Crippen MR) is 483 cm³/mol. The Kier molecular flexibility index (Phi) is 33.6. The van der Waals surface area contributed by atoms with Gasteiger partial charge in [-0.25, -0.2) is 0 Å². The fourth-order valence-corrected chi connectivity index (χ4v) is 26.1. The van der Waals surface area contributed by atoms with Gasteiger partial charge in [0.25, 0.3) is 11.8 Å². The largest absolute Gasteiger partial charge is 0.338 e. The first-order chi connectivity index (χ1) is 51.5. The summed E-state index contributed by atoms with van der Waals surface area (Å²) in [4.78, 5) is 52.7. The van der Waals surface area contributed by atoms with Crippen LogP contribution >= 0.6 is 115 Å². The number of hydrogen-bond donors (Lipinski definition) is 0. The second kappa shape index (κ2) is 43.0. The maximum Gasteiger partial charge on any atom is 0.285 e. The minimum atomic E-state index is -0.103. The van der Waals surface area contributed by atoms with E-state index in [1.54, 1.807) is 23.5 Å². The normalized spacial score (nSPS) is 14.5. The van der Waals surface area contributed by atoms with Crippen LogP contribution in [0.25, 0.3) is 93.9 Å². The molecule has 0 bridgehead atoms. The fraction of sp³-hybridized carbons (Fsp3) is 0.511. The summed E-state index contributed by atoms with van der Waals surface area (Å²) in [6.07, 6.45) is 48.0. The molecule has 11 rings (SSSR count). The second-order valence-electron chi connectivity index (χ2n) is 29.0. The molecule has 9 aromatic rings. The van der Waals surface area contributed by atoms with Crippen molar-refractivity contribution in [2.24, 2.45) is 9.98 Å². The molecule has 0 fully saturated rings. The van der Waals surface area contributed by atoms with Crippen molar-refractivity contribution in [2.75, 3.05) is 11.5 Å². The summed E-state index contributed by atoms with van der Waals surface area (Å²) in [5, 5.41) is 2.70. The van der Waals surface area contributed by atoms with Gasteiger partial charge >= 0.3 is 0 Å². The van der Waals surface area contributed by atoms with Crippen LogP contribution in [-0.4, -0.2) is 36.6 Å². The maximum absolute atomic E-state index is 13.2. The molecule has 7 aromatic heterocycles. The summed E-state index contributed by atoms with van der Waals surface area (Å²) in [5.41, 5.74) is 11.1. The SMILES string of the molecule is CCCCCCCCc1cc(/C=C2\SC(SCC)=NC2=O)sc1-c1ccc(-c2sc(-c3ccc4c5ccc(-c6cc(CCCCCCCC)c(-c7ccc(-c8sc(/C=C9\SC(SCC)=NC9=O)cc8CCCCCCCC)s7)s6)cc5n(C(C)CCCCCCCC)c4c3)cc2CCCCCCCC)s1. The topological polar surface area (TPSA) is 63.8 Å². The molecule has 0 N–H and O–H groups in total. The molecular formula is C90H115N3O2S10. The van der Waals surface area contributed by atoms with Gasteiger partial charge in [0, 0.05) is 86.4 Å². The highest BCUT2D eigenvalue weighted by Gasteiger charge is 2.27. The van der Waals surface area contributed by atoms with Crippen molar-refractivity contribution in [3.05, 3.63) is 127 Å². The van der Waals surface area contributed by atoms with Crippen LogP contribution in [0.4, 0.5) is 0 Å². The lowest BCUT2D eigenvalue weighted by Crippen LogP contribution is -2.05. The Balaban J connectivity index is 0.945. The number of aliphatic imine (C=N–C) groups is 2. The van der Waals surface area contributed by atoms with E-state index in [9.17, 15) is 9.59 Å². The predicted octanol–water partition coefficient (Wildman–Crippen LogP) is 32.5. The smallest absolute Gasteiger partial charge is 0.285 e. The van der Waals surface area contributed by atoms with Crippen LogP contribution in [0.5, 0.6) is 0 Å². The van der Waals surface area contributed by atoms with E-state index in [0.717, 1.165) is 71.9 Å². The lowest BCUT2D eigenvalue weighted by Gasteiger charge is -2.18. The summed E-state index contributed by atoms with van der Waals surface area (Å²) < 4.78 is 4.49. The zero-order chi connectivity index (χ0) is 73.3. The number of thiophene rings is 6. The molecule has 0 saturated carbocycles. The molecule has 1 atom stereocenters. The Bertz CT molecular complexity index is 4130. The summed E-state index contributed by atoms with van der Waals surface area (Å²) in [6.45, 7) is 18.3. The zero-order valence-corrected chi connectivity index (χ0v) is 72.4. The molecule has 105 heavy (non-hydrogen) atoms. The molecule has 1 unspecified atom stereocenters. The summed E-state index contributed by atoms with van der Waals surface area (Å²) in [5.74, 6) is 1.61. The molecule has 9 heterocycles. The van der Waals surface area contributed by atoms with Gasteiger partial charge < -0.3 is 4.57 Å². The molecule has 0 radical (unpaired) electrons. The Hall–Kier alpha value is -4.00. The number of rotatable bonds is 46. The molecular weight excluding hydrogens is 1480 g/mol. The van der Waals surface area contributed by atoms with E-state index in [0.29, 0.717) is 6.04 Å². The minimum Gasteiger partial charge on any atom is -0.338 e. The van der Waals surface area contributed by atoms with E-state index in [-0.39, 0.29) is 11.8 Å². The number of amides is 2. The van der Waals surface area contributed by atoms with Crippen molar-refractivity contribution in [1.82, 2.24) is 4.57 Å². The van der Waals surface area contributed by atoms with Crippen LogP contribution in [0.15, 0.2) is 105 Å². The quantitative estimate of drug-likeness (QED) is 0.0280. The molecule has 2 aliphatic rings. The molecule has 2 amide bonds. The van der Waals surface area contributed by atoms with Crippen LogP contribution in [0.3, 0.4) is 0 Å². The van der Waals surface area contributed by atoms with E-state index in [1.165, 1.54) is 320 Å². The van der Waals surface area contributed by atoms with Crippen LogP contribution in [0.1, 0.15) is 292 Å². The van der Waals surface area contributed by atoms with Crippen molar-refractivity contribution >= 4 is 170 Å². The number of thioether (sulfide) groups is 4. The van der Waals surface area contributed by atoms with Gasteiger partial charge in [-0.3, -0.25) is 9.59 Å². The third-order valence-electron chi connectivity index (χ3n) is 20.7. The first-order valence-corrected chi connectivity index (χ1v) is 49.1. The highest BCUT2D eigenvalue weighted by atomic mass is 32.2. The zero-order valence-electron chi connectivity index (χ0n) is 64.2. The average Bonchev–Trinajstić information content (AvgIpc) is 1.59. The highest BCUT2D eigenvalue weighted by molar-refractivity contribution is 8.41. The lowest BCUT2D eigenvalue weighted by atomic mass is 10.0. The highest BCUT2D eigenvalue weighted by Crippen LogP contribution is 2.51. The van der Waals surface area contributed by atoms with Gasteiger partial charge in [0.15, 0.2) is 0 Å². The van der Waals surface area contributed by atoms with Gasteiger partial charge in [-0.1, -0.05) is 287 Å². The Labute approximate surface area is 671 Å². The summed E-state index contributed by atoms with van der Waals surface area (Å²) >= 11 is 18.1. The van der Waals surface area contributed by atoms with Crippen LogP contribution in [-0.2, 0) is 35.3 Å². The summed E-state index contributed by atoms with van der Waals surface area (Å²) in [6, 6.07) is 34.9. The van der Waals surface area contributed by atoms with Gasteiger partial charge in [0.2, 0.25) is 0 Å². The van der Waals surface area contributed by atoms with Crippen molar-refractivity contribution in [3.63, 3.8) is 0 Å². The Morgan fingerprint density at radius 2 is 0.686 bits per heavy atom. The molecule has 0 saturated heterocycles. The van der Waals surface area contributed by atoms with Gasteiger partial charge in [0.05, 0.1) is 9.81 Å². The number of benzene rings is 2. The van der Waals surface area contributed by atoms with Crippen molar-refractivity contribution in [3.8, 4) is 59.9 Å². The molecule has 562 valence electrons. The monoisotopic (exact) mass is 1590 g/mol. The lowest BCUT2D eigenvalue weighted by molar-refractivity contribution is -0.114. The fourth-order valence-electron chi connectivity index (χ4n) is 14.9. The Morgan fingerprint density at radius 3 is 1.04 bits per heavy atom. The molecule has 5 nitrogen and oxygen atoms in total. The molecule has 15 heteroatoms. The van der Waals surface area contributed by atoms with E-state index >= 15 is 0 Å². The molecule has 0 aliphatic carbocycles. The molecule has 0 spiro atoms. The first-order valence-electron chi connectivity index (χ1n) is 40.6. The number of nitrogens with zero attached hydrogens (tertiary/aromatic N) is 3. The van der Waals surface area contributed by atoms with E-state index in [1.807, 2.05) is 68.0 Å². The van der Waals surface area contributed by atoms with Crippen molar-refractivity contribution in [2.45, 2.75) is 286 Å². The Morgan fingerprint density at radius 1 is 0.362 bits per heavy atom. The van der Waals surface area contributed by atoms with Gasteiger partial charge in [-0.2, -0.15) is 9.98 Å². The average molecular weight is 1590 g/mol. The van der Waals surface area contributed by atoms with E-state index in [2.05, 4.69) is 167 Å². The number of carbonyl (C=O) groups excluding carboxylic acids is 2. The van der Waals surface area contributed by atoms with Crippen LogP contribution < -0.4 is 0 Å². The first kappa shape index (κ1) is 82.0.